The molecule has 1 aliphatic rings. The summed E-state index contributed by atoms with van der Waals surface area (Å²) in [6, 6.07) is 1.32. The van der Waals surface area contributed by atoms with E-state index >= 15 is 0 Å². The van der Waals surface area contributed by atoms with Crippen LogP contribution in [0.15, 0.2) is 0 Å². The zero-order valence-electron chi connectivity index (χ0n) is 9.05. The molecule has 0 aliphatic carbocycles. The van der Waals surface area contributed by atoms with Crippen LogP contribution in [0.2, 0.25) is 0 Å². The summed E-state index contributed by atoms with van der Waals surface area (Å²) in [5, 5.41) is 3.40. The molecule has 3 nitrogen and oxygen atoms in total. The molecule has 0 saturated carbocycles. The van der Waals surface area contributed by atoms with E-state index in [1.807, 2.05) is 0 Å². The van der Waals surface area contributed by atoms with E-state index in [9.17, 15) is 0 Å². The molecule has 1 saturated heterocycles. The van der Waals surface area contributed by atoms with Gasteiger partial charge in [0.15, 0.2) is 0 Å². The van der Waals surface area contributed by atoms with Crippen molar-refractivity contribution in [3.63, 3.8) is 0 Å². The van der Waals surface area contributed by atoms with E-state index in [0.29, 0.717) is 12.1 Å². The van der Waals surface area contributed by atoms with Crippen molar-refractivity contribution in [2.24, 2.45) is 0 Å². The van der Waals surface area contributed by atoms with Gasteiger partial charge < -0.3 is 10.1 Å². The van der Waals surface area contributed by atoms with E-state index in [-0.39, 0.29) is 0 Å². The minimum absolute atomic E-state index is 0.650. The molecule has 0 bridgehead atoms. The molecule has 0 amide bonds. The summed E-state index contributed by atoms with van der Waals surface area (Å²) in [5.41, 5.74) is 0. The number of nitrogens with one attached hydrogen (secondary N) is 1. The van der Waals surface area contributed by atoms with Crippen molar-refractivity contribution in [1.29, 1.82) is 0 Å². The Labute approximate surface area is 81.4 Å². The van der Waals surface area contributed by atoms with Crippen LogP contribution in [0.4, 0.5) is 0 Å². The van der Waals surface area contributed by atoms with Crippen LogP contribution in [0.3, 0.4) is 0 Å². The first-order chi connectivity index (χ1) is 6.25. The van der Waals surface area contributed by atoms with Crippen molar-refractivity contribution in [2.45, 2.75) is 32.4 Å². The van der Waals surface area contributed by atoms with Gasteiger partial charge in [0.25, 0.3) is 0 Å². The maximum Gasteiger partial charge on any atom is 0.0477 e. The lowest BCUT2D eigenvalue weighted by atomic mass is 10.1. The van der Waals surface area contributed by atoms with Crippen LogP contribution in [-0.4, -0.2) is 50.3 Å². The predicted octanol–water partition coefficient (Wildman–Crippen LogP) is 0.705. The maximum atomic E-state index is 5.10. The predicted molar refractivity (Wildman–Crippen MR) is 55.0 cm³/mol. The number of ether oxygens (including phenoxy) is 1. The van der Waals surface area contributed by atoms with Gasteiger partial charge in [-0.3, -0.25) is 4.90 Å². The van der Waals surface area contributed by atoms with E-state index in [1.165, 1.54) is 6.54 Å². The topological polar surface area (TPSA) is 24.5 Å². The monoisotopic (exact) mass is 186 g/mol. The standard InChI is InChI=1S/C10H22N2O/c1-9(4-7-13-3)12-6-5-11-8-10(12)2/h9-11H,4-8H2,1-3H3. The molecule has 3 heteroatoms. The fraction of sp³-hybridized carbons (Fsp3) is 1.00. The molecule has 0 aromatic carbocycles. The molecule has 1 rings (SSSR count). The number of hydrogen-bond acceptors (Lipinski definition) is 3. The van der Waals surface area contributed by atoms with Gasteiger partial charge in [0, 0.05) is 45.4 Å². The van der Waals surface area contributed by atoms with Crippen LogP contribution in [0, 0.1) is 0 Å². The van der Waals surface area contributed by atoms with Gasteiger partial charge in [0.05, 0.1) is 0 Å². The number of nitrogens with zero attached hydrogens (tertiary/aromatic N) is 1. The highest BCUT2D eigenvalue weighted by molar-refractivity contribution is 4.80. The van der Waals surface area contributed by atoms with Crippen molar-refractivity contribution in [3.05, 3.63) is 0 Å². The van der Waals surface area contributed by atoms with Gasteiger partial charge in [-0.2, -0.15) is 0 Å². The lowest BCUT2D eigenvalue weighted by molar-refractivity contribution is 0.0942. The smallest absolute Gasteiger partial charge is 0.0477 e. The Morgan fingerprint density at radius 1 is 1.62 bits per heavy atom. The number of piperazine rings is 1. The minimum Gasteiger partial charge on any atom is -0.385 e. The van der Waals surface area contributed by atoms with Crippen molar-refractivity contribution in [1.82, 2.24) is 10.2 Å². The Hall–Kier alpha value is -0.120. The molecule has 0 spiro atoms. The van der Waals surface area contributed by atoms with Crippen molar-refractivity contribution in [2.75, 3.05) is 33.4 Å². The second kappa shape index (κ2) is 5.58. The van der Waals surface area contributed by atoms with Crippen molar-refractivity contribution < 1.29 is 4.74 Å². The Morgan fingerprint density at radius 3 is 3.00 bits per heavy atom. The van der Waals surface area contributed by atoms with Crippen LogP contribution >= 0.6 is 0 Å². The summed E-state index contributed by atoms with van der Waals surface area (Å²) >= 11 is 0. The summed E-state index contributed by atoms with van der Waals surface area (Å²) < 4.78 is 5.10. The van der Waals surface area contributed by atoms with Crippen LogP contribution in [0.25, 0.3) is 0 Å². The molecule has 0 radical (unpaired) electrons. The summed E-state index contributed by atoms with van der Waals surface area (Å²) in [4.78, 5) is 2.57. The van der Waals surface area contributed by atoms with Crippen LogP contribution in [0.5, 0.6) is 0 Å². The second-order valence-electron chi connectivity index (χ2n) is 3.92. The molecule has 1 heterocycles. The summed E-state index contributed by atoms with van der Waals surface area (Å²) in [7, 11) is 1.77. The lowest BCUT2D eigenvalue weighted by Gasteiger charge is -2.38. The zero-order valence-corrected chi connectivity index (χ0v) is 9.05. The molecule has 1 N–H and O–H groups in total. The lowest BCUT2D eigenvalue weighted by Crippen LogP contribution is -2.53. The van der Waals surface area contributed by atoms with Crippen molar-refractivity contribution in [3.8, 4) is 0 Å². The summed E-state index contributed by atoms with van der Waals surface area (Å²) in [6.07, 6.45) is 1.14. The fourth-order valence-corrected chi connectivity index (χ4v) is 1.97. The highest BCUT2D eigenvalue weighted by Crippen LogP contribution is 2.10. The molecule has 1 aliphatic heterocycles. The Balaban J connectivity index is 2.30. The summed E-state index contributed by atoms with van der Waals surface area (Å²) in [6.45, 7) is 8.87. The van der Waals surface area contributed by atoms with Crippen molar-refractivity contribution >= 4 is 0 Å². The fourth-order valence-electron chi connectivity index (χ4n) is 1.97. The highest BCUT2D eigenvalue weighted by atomic mass is 16.5. The molecule has 0 aromatic heterocycles. The van der Waals surface area contributed by atoms with Crippen LogP contribution in [-0.2, 0) is 4.74 Å². The summed E-state index contributed by atoms with van der Waals surface area (Å²) in [5.74, 6) is 0. The van der Waals surface area contributed by atoms with Gasteiger partial charge in [-0.25, -0.2) is 0 Å². The Morgan fingerprint density at radius 2 is 2.38 bits per heavy atom. The number of hydrogen-bond donors (Lipinski definition) is 1. The van der Waals surface area contributed by atoms with Gasteiger partial charge in [-0.05, 0) is 20.3 Å². The minimum atomic E-state index is 0.650. The molecular weight excluding hydrogens is 164 g/mol. The zero-order chi connectivity index (χ0) is 9.68. The SMILES string of the molecule is COCCC(C)N1CCNCC1C. The third kappa shape index (κ3) is 3.25. The maximum absolute atomic E-state index is 5.10. The van der Waals surface area contributed by atoms with Gasteiger partial charge >= 0.3 is 0 Å². The van der Waals surface area contributed by atoms with Gasteiger partial charge in [0.2, 0.25) is 0 Å². The van der Waals surface area contributed by atoms with E-state index in [4.69, 9.17) is 4.74 Å². The normalized spacial score (nSPS) is 27.5. The quantitative estimate of drug-likeness (QED) is 0.699. The van der Waals surface area contributed by atoms with Gasteiger partial charge in [-0.15, -0.1) is 0 Å². The first kappa shape index (κ1) is 11.0. The average Bonchev–Trinajstić information content (AvgIpc) is 2.15. The van der Waals surface area contributed by atoms with Crippen LogP contribution < -0.4 is 5.32 Å². The molecule has 1 fully saturated rings. The molecule has 0 aromatic rings. The molecule has 2 unspecified atom stereocenters. The van der Waals surface area contributed by atoms with E-state index in [0.717, 1.165) is 26.1 Å². The third-order valence-electron chi connectivity index (χ3n) is 2.86. The number of rotatable bonds is 4. The van der Waals surface area contributed by atoms with Gasteiger partial charge in [0.1, 0.15) is 0 Å². The van der Waals surface area contributed by atoms with Gasteiger partial charge in [-0.1, -0.05) is 0 Å². The molecular formula is C10H22N2O. The largest absolute Gasteiger partial charge is 0.385 e. The molecule has 78 valence electrons. The molecule has 13 heavy (non-hydrogen) atoms. The van der Waals surface area contributed by atoms with Crippen LogP contribution in [0.1, 0.15) is 20.3 Å². The van der Waals surface area contributed by atoms with E-state index in [2.05, 4.69) is 24.1 Å². The second-order valence-corrected chi connectivity index (χ2v) is 3.92. The highest BCUT2D eigenvalue weighted by Gasteiger charge is 2.22. The average molecular weight is 186 g/mol. The first-order valence-electron chi connectivity index (χ1n) is 5.21. The Kier molecular flexibility index (Phi) is 4.70. The third-order valence-corrected chi connectivity index (χ3v) is 2.86. The van der Waals surface area contributed by atoms with E-state index in [1.54, 1.807) is 7.11 Å². The first-order valence-corrected chi connectivity index (χ1v) is 5.21. The molecule has 2 atom stereocenters. The van der Waals surface area contributed by atoms with E-state index < -0.39 is 0 Å². The Bertz CT molecular complexity index is 141. The number of methoxy groups -OCH3 is 1.